The molecule has 5 rings (SSSR count). The fourth-order valence-electron chi connectivity index (χ4n) is 5.12. The number of benzene rings is 2. The van der Waals surface area contributed by atoms with Gasteiger partial charge in [-0.2, -0.15) is 14.0 Å². The van der Waals surface area contributed by atoms with E-state index in [4.69, 9.17) is 34.8 Å². The van der Waals surface area contributed by atoms with Crippen LogP contribution in [0.4, 0.5) is 19.3 Å². The van der Waals surface area contributed by atoms with Crippen molar-refractivity contribution in [1.82, 2.24) is 14.8 Å². The van der Waals surface area contributed by atoms with Gasteiger partial charge in [0.2, 0.25) is 0 Å². The van der Waals surface area contributed by atoms with Crippen LogP contribution in [0.5, 0.6) is 5.75 Å². The lowest BCUT2D eigenvalue weighted by Crippen LogP contribution is -2.49. The Kier molecular flexibility index (Phi) is 8.55. The summed E-state index contributed by atoms with van der Waals surface area (Å²) in [5, 5.41) is 17.3. The van der Waals surface area contributed by atoms with Crippen LogP contribution in [0, 0.1) is 11.3 Å². The molecule has 0 saturated carbocycles. The molecule has 0 aliphatic carbocycles. The Morgan fingerprint density at radius 2 is 1.91 bits per heavy atom. The zero-order valence-corrected chi connectivity index (χ0v) is 25.4. The minimum absolute atomic E-state index is 0.149. The average molecular weight is 669 g/mol. The number of rotatable bonds is 6. The SMILES string of the molecule is CCN1CCCN(c2cc3c(cc2O)C(C#N)N(C(=O)c2c(Sc4c(Cl)cccc4Cl)cc(C(F)(F)Cl)[nH]c2=O)C3)C1=O. The second kappa shape index (κ2) is 11.9. The number of nitriles is 1. The molecule has 1 aromatic heterocycles. The number of pyridine rings is 1. The van der Waals surface area contributed by atoms with E-state index in [-0.39, 0.29) is 43.8 Å². The molecule has 0 radical (unpaired) electrons. The number of amides is 3. The maximum Gasteiger partial charge on any atom is 0.362 e. The van der Waals surface area contributed by atoms with Crippen LogP contribution in [0.15, 0.2) is 51.0 Å². The Balaban J connectivity index is 1.56. The van der Waals surface area contributed by atoms with Gasteiger partial charge in [0.25, 0.3) is 11.5 Å². The summed E-state index contributed by atoms with van der Waals surface area (Å²) in [5.41, 5.74) is -1.65. The molecule has 43 heavy (non-hydrogen) atoms. The fraction of sp³-hybridized carbons (Fsp3) is 0.286. The topological polar surface area (TPSA) is 121 Å². The molecule has 3 amide bonds. The van der Waals surface area contributed by atoms with Gasteiger partial charge in [-0.3, -0.25) is 14.5 Å². The minimum atomic E-state index is -3.97. The summed E-state index contributed by atoms with van der Waals surface area (Å²) in [7, 11) is 0. The summed E-state index contributed by atoms with van der Waals surface area (Å²) in [6.45, 7) is 3.12. The van der Waals surface area contributed by atoms with Crippen molar-refractivity contribution in [3.63, 3.8) is 0 Å². The van der Waals surface area contributed by atoms with Crippen molar-refractivity contribution < 1.29 is 23.5 Å². The van der Waals surface area contributed by atoms with Gasteiger partial charge in [0.1, 0.15) is 23.0 Å². The number of nitrogens with one attached hydrogen (secondary N) is 1. The Labute approximate surface area is 263 Å². The molecule has 2 aromatic carbocycles. The molecule has 0 bridgehead atoms. The van der Waals surface area contributed by atoms with Crippen LogP contribution in [0.25, 0.3) is 0 Å². The van der Waals surface area contributed by atoms with Crippen molar-refractivity contribution in [1.29, 1.82) is 5.26 Å². The van der Waals surface area contributed by atoms with Crippen molar-refractivity contribution in [2.45, 2.75) is 41.1 Å². The average Bonchev–Trinajstić information content (AvgIpc) is 3.31. The van der Waals surface area contributed by atoms with Crippen molar-refractivity contribution in [3.8, 4) is 11.8 Å². The van der Waals surface area contributed by atoms with Crippen molar-refractivity contribution in [3.05, 3.63) is 79.2 Å². The van der Waals surface area contributed by atoms with Crippen LogP contribution in [0.3, 0.4) is 0 Å². The molecule has 3 heterocycles. The Bertz CT molecular complexity index is 1720. The molecule has 1 unspecified atom stereocenters. The zero-order chi connectivity index (χ0) is 31.2. The van der Waals surface area contributed by atoms with Gasteiger partial charge in [-0.25, -0.2) is 4.79 Å². The number of nitrogens with zero attached hydrogens (tertiary/aromatic N) is 4. The van der Waals surface area contributed by atoms with E-state index in [2.05, 4.69) is 0 Å². The number of phenolic OH excluding ortho intramolecular Hbond substituents is 1. The molecule has 2 N–H and O–H groups in total. The van der Waals surface area contributed by atoms with E-state index in [1.54, 1.807) is 17.0 Å². The molecule has 9 nitrogen and oxygen atoms in total. The number of alkyl halides is 3. The molecule has 0 spiro atoms. The van der Waals surface area contributed by atoms with Gasteiger partial charge in [0.05, 0.1) is 21.8 Å². The maximum absolute atomic E-state index is 14.1. The van der Waals surface area contributed by atoms with E-state index in [9.17, 15) is 33.5 Å². The standard InChI is InChI=1S/C28H22Cl3F2N5O4S/c1-2-36-7-4-8-37(27(36)42)18-9-14-13-38(19(12-34)15(14)10-20(18)39)26(41)23-21(11-22(28(31,32)33)35-25(23)40)43-24-16(29)5-3-6-17(24)30/h3,5-6,9-11,19,39H,2,4,7-8,13H2,1H3,(H,35,40). The largest absolute Gasteiger partial charge is 0.506 e. The van der Waals surface area contributed by atoms with E-state index in [1.165, 1.54) is 23.1 Å². The van der Waals surface area contributed by atoms with Crippen LogP contribution in [-0.2, 0) is 11.9 Å². The minimum Gasteiger partial charge on any atom is -0.506 e. The second-order valence-electron chi connectivity index (χ2n) is 9.77. The second-order valence-corrected chi connectivity index (χ2v) is 12.1. The summed E-state index contributed by atoms with van der Waals surface area (Å²) in [5.74, 6) is -1.19. The van der Waals surface area contributed by atoms with E-state index in [0.29, 0.717) is 37.2 Å². The van der Waals surface area contributed by atoms with Crippen molar-refractivity contribution >= 4 is 64.2 Å². The summed E-state index contributed by atoms with van der Waals surface area (Å²) in [6, 6.07) is 8.80. The molecule has 1 saturated heterocycles. The van der Waals surface area contributed by atoms with Crippen LogP contribution >= 0.6 is 46.6 Å². The Morgan fingerprint density at radius 1 is 1.21 bits per heavy atom. The molecule has 2 aliphatic rings. The number of carbonyl (C=O) groups excluding carboxylic acids is 2. The van der Waals surface area contributed by atoms with Crippen molar-refractivity contribution in [2.24, 2.45) is 0 Å². The number of hydrogen-bond donors (Lipinski definition) is 2. The van der Waals surface area contributed by atoms with Gasteiger partial charge in [-0.1, -0.05) is 41.0 Å². The number of aromatic nitrogens is 1. The monoisotopic (exact) mass is 667 g/mol. The lowest BCUT2D eigenvalue weighted by molar-refractivity contribution is 0.0717. The van der Waals surface area contributed by atoms with Crippen LogP contribution in [0.2, 0.25) is 10.0 Å². The first-order valence-electron chi connectivity index (χ1n) is 12.9. The lowest BCUT2D eigenvalue weighted by Gasteiger charge is -2.35. The summed E-state index contributed by atoms with van der Waals surface area (Å²) in [4.78, 5) is 46.3. The predicted molar refractivity (Wildman–Crippen MR) is 158 cm³/mol. The van der Waals surface area contributed by atoms with E-state index < -0.39 is 34.1 Å². The first-order chi connectivity index (χ1) is 20.3. The van der Waals surface area contributed by atoms with Crippen LogP contribution < -0.4 is 10.5 Å². The van der Waals surface area contributed by atoms with Crippen LogP contribution in [0.1, 0.15) is 46.6 Å². The third kappa shape index (κ3) is 5.74. The highest BCUT2D eigenvalue weighted by molar-refractivity contribution is 7.99. The fourth-order valence-corrected chi connectivity index (χ4v) is 6.86. The van der Waals surface area contributed by atoms with E-state index >= 15 is 0 Å². The highest BCUT2D eigenvalue weighted by Gasteiger charge is 2.40. The number of hydrogen-bond acceptors (Lipinski definition) is 6. The molecule has 3 aromatic rings. The number of aromatic amines is 1. The summed E-state index contributed by atoms with van der Waals surface area (Å²) >= 11 is 18.5. The first-order valence-corrected chi connectivity index (χ1v) is 14.9. The molecular formula is C28H22Cl3F2N5O4S. The maximum atomic E-state index is 14.1. The van der Waals surface area contributed by atoms with Gasteiger partial charge in [0.15, 0.2) is 0 Å². The van der Waals surface area contributed by atoms with Gasteiger partial charge in [0, 0.05) is 36.0 Å². The zero-order valence-electron chi connectivity index (χ0n) is 22.3. The number of phenols is 1. The van der Waals surface area contributed by atoms with Gasteiger partial charge in [-0.15, -0.1) is 0 Å². The first kappa shape index (κ1) is 30.9. The number of fused-ring (bicyclic) bond motifs is 1. The van der Waals surface area contributed by atoms with E-state index in [0.717, 1.165) is 22.7 Å². The molecule has 224 valence electrons. The lowest BCUT2D eigenvalue weighted by atomic mass is 10.0. The molecular weight excluding hydrogens is 647 g/mol. The number of urea groups is 1. The number of carbonyl (C=O) groups is 2. The number of anilines is 1. The van der Waals surface area contributed by atoms with E-state index in [1.807, 2.05) is 18.0 Å². The van der Waals surface area contributed by atoms with Gasteiger partial charge in [-0.05, 0) is 66.4 Å². The normalized spacial score (nSPS) is 16.8. The summed E-state index contributed by atoms with van der Waals surface area (Å²) in [6.07, 6.45) is 0.678. The third-order valence-corrected chi connectivity index (χ3v) is 9.44. The molecule has 15 heteroatoms. The van der Waals surface area contributed by atoms with Gasteiger partial charge >= 0.3 is 11.4 Å². The molecule has 2 aliphatic heterocycles. The third-order valence-electron chi connectivity index (χ3n) is 7.20. The number of aromatic hydroxyl groups is 1. The number of halogens is 5. The summed E-state index contributed by atoms with van der Waals surface area (Å²) < 4.78 is 28.2. The molecule has 1 fully saturated rings. The van der Waals surface area contributed by atoms with Gasteiger partial charge < -0.3 is 19.9 Å². The Hall–Kier alpha value is -3.50. The number of H-pyrrole nitrogens is 1. The smallest absolute Gasteiger partial charge is 0.362 e. The highest BCUT2D eigenvalue weighted by atomic mass is 35.5. The predicted octanol–water partition coefficient (Wildman–Crippen LogP) is 6.70. The molecule has 1 atom stereocenters. The highest BCUT2D eigenvalue weighted by Crippen LogP contribution is 2.44. The Morgan fingerprint density at radius 3 is 2.53 bits per heavy atom. The van der Waals surface area contributed by atoms with Crippen LogP contribution in [-0.4, -0.2) is 51.5 Å². The quantitative estimate of drug-likeness (QED) is 0.282. The van der Waals surface area contributed by atoms with Crippen molar-refractivity contribution in [2.75, 3.05) is 24.5 Å².